The molecule has 0 amide bonds. The highest BCUT2D eigenvalue weighted by Crippen LogP contribution is 2.72. The minimum Gasteiger partial charge on any atom is -0.447 e. The lowest BCUT2D eigenvalue weighted by Gasteiger charge is -2.63. The third-order valence-corrected chi connectivity index (χ3v) is 11.0. The van der Waals surface area contributed by atoms with E-state index in [1.165, 1.54) is 23.8 Å². The lowest BCUT2D eigenvalue weighted by molar-refractivity contribution is -0.274. The van der Waals surface area contributed by atoms with Crippen molar-refractivity contribution in [3.63, 3.8) is 0 Å². The van der Waals surface area contributed by atoms with Crippen molar-refractivity contribution >= 4 is 23.4 Å². The number of benzene rings is 1. The zero-order chi connectivity index (χ0) is 28.5. The molecule has 0 unspecified atom stereocenters. The van der Waals surface area contributed by atoms with Crippen molar-refractivity contribution in [2.45, 2.75) is 69.5 Å². The Hall–Kier alpha value is -2.13. The molecule has 4 aliphatic carbocycles. The third-order valence-electron chi connectivity index (χ3n) is 10.9. The number of carbonyl (C=O) groups excluding carboxylic acids is 2. The van der Waals surface area contributed by atoms with Gasteiger partial charge in [-0.3, -0.25) is 9.63 Å². The molecule has 3 saturated carbocycles. The Morgan fingerprint density at radius 2 is 1.98 bits per heavy atom. The summed E-state index contributed by atoms with van der Waals surface area (Å²) in [6.07, 6.45) is 2.64. The first-order valence-electron chi connectivity index (χ1n) is 14.2. The fourth-order valence-electron chi connectivity index (χ4n) is 9.06. The molecule has 9 atom stereocenters. The maximum Gasteiger partial charge on any atom is 0.342 e. The second kappa shape index (κ2) is 9.72. The second-order valence-electron chi connectivity index (χ2n) is 12.6. The first-order chi connectivity index (χ1) is 19.0. The fourth-order valence-corrected chi connectivity index (χ4v) is 9.16. The number of hydrogen-bond donors (Lipinski definition) is 1. The van der Waals surface area contributed by atoms with Gasteiger partial charge in [-0.2, -0.15) is 5.06 Å². The highest BCUT2D eigenvalue weighted by Gasteiger charge is 2.80. The second-order valence-corrected chi connectivity index (χ2v) is 12.9. The predicted octanol–water partition coefficient (Wildman–Crippen LogP) is 4.89. The average Bonchev–Trinajstić information content (AvgIpc) is 3.40. The number of hydrogen-bond acceptors (Lipinski definition) is 6. The van der Waals surface area contributed by atoms with E-state index in [1.807, 2.05) is 25.1 Å². The zero-order valence-corrected chi connectivity index (χ0v) is 23.6. The van der Waals surface area contributed by atoms with Gasteiger partial charge in [0.1, 0.15) is 6.17 Å². The molecule has 1 N–H and O–H groups in total. The molecule has 1 aromatic carbocycles. The Bertz CT molecular complexity index is 1260. The molecular formula is C31H36ClF2NO5. The van der Waals surface area contributed by atoms with Crippen molar-refractivity contribution in [3.05, 3.63) is 59.7 Å². The molecule has 40 heavy (non-hydrogen) atoms. The number of aryl methyl sites for hydroxylation is 1. The number of hydroxylamine groups is 2. The first kappa shape index (κ1) is 28.0. The quantitative estimate of drug-likeness (QED) is 0.385. The summed E-state index contributed by atoms with van der Waals surface area (Å²) in [5.41, 5.74) is -4.90. The normalized spacial score (nSPS) is 43.9. The number of fused-ring (bicyclic) bond motifs is 7. The molecule has 6 rings (SSSR count). The fraction of sp³-hybridized carbons (Fsp3) is 0.613. The number of halogens is 3. The lowest BCUT2D eigenvalue weighted by atomic mass is 9.44. The summed E-state index contributed by atoms with van der Waals surface area (Å²) in [5.74, 6) is -2.69. The van der Waals surface area contributed by atoms with Gasteiger partial charge in [-0.05, 0) is 68.2 Å². The summed E-state index contributed by atoms with van der Waals surface area (Å²) in [4.78, 5) is 32.3. The third kappa shape index (κ3) is 3.68. The Kier molecular flexibility index (Phi) is 6.81. The van der Waals surface area contributed by atoms with Crippen molar-refractivity contribution in [1.82, 2.24) is 5.06 Å². The lowest BCUT2D eigenvalue weighted by Crippen LogP contribution is -2.70. The average molecular weight is 576 g/mol. The SMILES string of the molecule is C[C@]12C=CC(=O)C=C1[C@@H](F)C[C@H]1[C@@H]3C[C@H]4CN(CCCc5ccccc5)O[C@@]4(C(=O)OCCl)[C@@]3(C)C[C@H](O)[C@@]12F. The molecule has 0 spiro atoms. The van der Waals surface area contributed by atoms with E-state index in [-0.39, 0.29) is 36.2 Å². The van der Waals surface area contributed by atoms with Gasteiger partial charge in [-0.1, -0.05) is 54.9 Å². The minimum absolute atomic E-state index is 0.0714. The Balaban J connectivity index is 1.32. The maximum atomic E-state index is 17.5. The van der Waals surface area contributed by atoms with Crippen LogP contribution in [0.2, 0.25) is 0 Å². The number of ketones is 1. The number of carbonyl (C=O) groups is 2. The summed E-state index contributed by atoms with van der Waals surface area (Å²) in [7, 11) is 0. The number of allylic oxidation sites excluding steroid dienone is 4. The van der Waals surface area contributed by atoms with Gasteiger partial charge in [0, 0.05) is 35.8 Å². The molecule has 0 bridgehead atoms. The van der Waals surface area contributed by atoms with Crippen LogP contribution in [0.15, 0.2) is 54.1 Å². The van der Waals surface area contributed by atoms with E-state index in [0.29, 0.717) is 19.5 Å². The number of nitrogens with zero attached hydrogens (tertiary/aromatic N) is 1. The molecule has 9 heteroatoms. The molecule has 6 nitrogen and oxygen atoms in total. The van der Waals surface area contributed by atoms with Crippen LogP contribution in [0.3, 0.4) is 0 Å². The van der Waals surface area contributed by atoms with Crippen molar-refractivity contribution < 1.29 is 33.1 Å². The molecule has 216 valence electrons. The highest BCUT2D eigenvalue weighted by atomic mass is 35.5. The van der Waals surface area contributed by atoms with Gasteiger partial charge in [0.15, 0.2) is 23.1 Å². The van der Waals surface area contributed by atoms with Crippen molar-refractivity contribution in [2.24, 2.45) is 28.6 Å². The summed E-state index contributed by atoms with van der Waals surface area (Å²) < 4.78 is 38.6. The van der Waals surface area contributed by atoms with Crippen LogP contribution in [0.25, 0.3) is 0 Å². The number of ether oxygens (including phenoxy) is 1. The monoisotopic (exact) mass is 575 g/mol. The van der Waals surface area contributed by atoms with Crippen LogP contribution >= 0.6 is 11.6 Å². The predicted molar refractivity (Wildman–Crippen MR) is 144 cm³/mol. The van der Waals surface area contributed by atoms with Crippen molar-refractivity contribution in [2.75, 3.05) is 19.2 Å². The maximum absolute atomic E-state index is 17.5. The van der Waals surface area contributed by atoms with Crippen LogP contribution in [-0.4, -0.2) is 64.6 Å². The summed E-state index contributed by atoms with van der Waals surface area (Å²) in [6.45, 7) is 4.45. The Labute approximate surface area is 238 Å². The number of aliphatic hydroxyl groups excluding tert-OH is 1. The molecule has 1 aromatic rings. The number of esters is 1. The molecule has 0 radical (unpaired) electrons. The standard InChI is InChI=1S/C31H36ClF2NO5/c1-28-11-10-21(36)14-24(28)25(33)15-23-22-13-20-17-35(12-6-9-19-7-4-3-5-8-19)40-31(20,27(38)39-18-32)29(22,2)16-26(37)30(23,28)34/h3-5,7-8,10-11,14,20,22-23,25-26,37H,6,9,12-13,15-18H2,1-2H3/t20-,22-,23-,25-,26-,28-,29-,30-,31-/m0/s1. The van der Waals surface area contributed by atoms with Gasteiger partial charge in [-0.15, -0.1) is 0 Å². The molecule has 4 fully saturated rings. The number of rotatable bonds is 6. The van der Waals surface area contributed by atoms with Gasteiger partial charge in [-0.25, -0.2) is 13.6 Å². The van der Waals surface area contributed by atoms with Crippen LogP contribution in [0, 0.1) is 28.6 Å². The van der Waals surface area contributed by atoms with E-state index >= 15 is 8.78 Å². The van der Waals surface area contributed by atoms with Gasteiger partial charge < -0.3 is 9.84 Å². The molecule has 1 aliphatic heterocycles. The van der Waals surface area contributed by atoms with E-state index in [4.69, 9.17) is 21.2 Å². The molecule has 1 heterocycles. The molecule has 5 aliphatic rings. The molecular weight excluding hydrogens is 540 g/mol. The van der Waals surface area contributed by atoms with Crippen LogP contribution in [0.5, 0.6) is 0 Å². The van der Waals surface area contributed by atoms with Crippen LogP contribution in [0.1, 0.15) is 45.1 Å². The highest BCUT2D eigenvalue weighted by molar-refractivity contribution is 6.17. The summed E-state index contributed by atoms with van der Waals surface area (Å²) in [5, 5.41) is 13.4. The van der Waals surface area contributed by atoms with Crippen LogP contribution in [0.4, 0.5) is 8.78 Å². The van der Waals surface area contributed by atoms with Gasteiger partial charge >= 0.3 is 5.97 Å². The minimum atomic E-state index is -2.21. The number of aliphatic hydroxyl groups is 1. The van der Waals surface area contributed by atoms with E-state index in [0.717, 1.165) is 12.8 Å². The van der Waals surface area contributed by atoms with Crippen LogP contribution < -0.4 is 0 Å². The van der Waals surface area contributed by atoms with Gasteiger partial charge in [0.2, 0.25) is 0 Å². The van der Waals surface area contributed by atoms with E-state index in [9.17, 15) is 14.7 Å². The van der Waals surface area contributed by atoms with Gasteiger partial charge in [0.05, 0.1) is 6.10 Å². The first-order valence-corrected chi connectivity index (χ1v) is 14.7. The Morgan fingerprint density at radius 3 is 2.70 bits per heavy atom. The smallest absolute Gasteiger partial charge is 0.342 e. The van der Waals surface area contributed by atoms with E-state index < -0.39 is 52.2 Å². The van der Waals surface area contributed by atoms with Gasteiger partial charge in [0.25, 0.3) is 0 Å². The largest absolute Gasteiger partial charge is 0.447 e. The summed E-state index contributed by atoms with van der Waals surface area (Å²) in [6, 6.07) is 9.74. The summed E-state index contributed by atoms with van der Waals surface area (Å²) >= 11 is 5.84. The van der Waals surface area contributed by atoms with Crippen molar-refractivity contribution in [3.8, 4) is 0 Å². The van der Waals surface area contributed by atoms with E-state index in [2.05, 4.69) is 12.1 Å². The van der Waals surface area contributed by atoms with E-state index in [1.54, 1.807) is 12.0 Å². The molecule has 0 aromatic heterocycles. The zero-order valence-electron chi connectivity index (χ0n) is 22.8. The topological polar surface area (TPSA) is 76.1 Å². The van der Waals surface area contributed by atoms with Crippen LogP contribution in [-0.2, 0) is 25.6 Å². The molecule has 1 saturated heterocycles. The number of alkyl halides is 3. The Morgan fingerprint density at radius 1 is 1.23 bits per heavy atom. The van der Waals surface area contributed by atoms with Crippen molar-refractivity contribution in [1.29, 1.82) is 0 Å².